The molecular weight excluding hydrogens is 241 g/mol. The third-order valence-corrected chi connectivity index (χ3v) is 4.12. The molecule has 0 spiro atoms. The molecule has 1 N–H and O–H groups in total. The molecule has 0 atom stereocenters. The highest BCUT2D eigenvalue weighted by Crippen LogP contribution is 2.27. The molecule has 0 aromatic heterocycles. The summed E-state index contributed by atoms with van der Waals surface area (Å²) >= 11 is 0. The molecule has 0 bridgehead atoms. The summed E-state index contributed by atoms with van der Waals surface area (Å²) < 4.78 is 13.4. The molecule has 0 radical (unpaired) electrons. The fourth-order valence-electron chi connectivity index (χ4n) is 2.61. The molecule has 104 valence electrons. The van der Waals surface area contributed by atoms with Crippen molar-refractivity contribution in [1.82, 2.24) is 5.32 Å². The maximum absolute atomic E-state index is 13.4. The van der Waals surface area contributed by atoms with Gasteiger partial charge in [0.05, 0.1) is 0 Å². The molecule has 1 fully saturated rings. The highest BCUT2D eigenvalue weighted by Gasteiger charge is 2.19. The predicted molar refractivity (Wildman–Crippen MR) is 74.6 cm³/mol. The maximum Gasteiger partial charge on any atom is 0.251 e. The van der Waals surface area contributed by atoms with Gasteiger partial charge >= 0.3 is 0 Å². The van der Waals surface area contributed by atoms with Crippen LogP contribution in [0.1, 0.15) is 48.5 Å². The fourth-order valence-corrected chi connectivity index (χ4v) is 2.61. The molecule has 1 aromatic rings. The lowest BCUT2D eigenvalue weighted by Crippen LogP contribution is -2.31. The largest absolute Gasteiger partial charge is 0.352 e. The number of rotatable bonds is 3. The quantitative estimate of drug-likeness (QED) is 0.885. The minimum Gasteiger partial charge on any atom is -0.352 e. The van der Waals surface area contributed by atoms with Crippen LogP contribution < -0.4 is 5.32 Å². The second-order valence-corrected chi connectivity index (χ2v) is 5.80. The highest BCUT2D eigenvalue weighted by molar-refractivity contribution is 5.94. The number of benzene rings is 1. The van der Waals surface area contributed by atoms with Crippen molar-refractivity contribution in [2.75, 3.05) is 6.54 Å². The van der Waals surface area contributed by atoms with Crippen LogP contribution in [0.2, 0.25) is 0 Å². The number of carbonyl (C=O) groups excluding carboxylic acids is 1. The molecule has 0 heterocycles. The van der Waals surface area contributed by atoms with Crippen molar-refractivity contribution >= 4 is 5.91 Å². The number of hydrogen-bond acceptors (Lipinski definition) is 1. The first-order chi connectivity index (χ1) is 9.06. The maximum atomic E-state index is 13.4. The first-order valence-electron chi connectivity index (χ1n) is 7.10. The van der Waals surface area contributed by atoms with Gasteiger partial charge in [0.25, 0.3) is 5.91 Å². The molecule has 3 heteroatoms. The number of carbonyl (C=O) groups is 1. The average molecular weight is 263 g/mol. The summed E-state index contributed by atoms with van der Waals surface area (Å²) in [6, 6.07) is 4.64. The van der Waals surface area contributed by atoms with E-state index in [1.54, 1.807) is 19.1 Å². The number of aryl methyl sites for hydroxylation is 1. The molecule has 2 rings (SSSR count). The molecule has 0 unspecified atom stereocenters. The van der Waals surface area contributed by atoms with Crippen molar-refractivity contribution in [2.45, 2.75) is 39.5 Å². The van der Waals surface area contributed by atoms with Crippen LogP contribution in [0.25, 0.3) is 0 Å². The summed E-state index contributed by atoms with van der Waals surface area (Å²) in [5.74, 6) is 0.908. The summed E-state index contributed by atoms with van der Waals surface area (Å²) in [5.41, 5.74) is 0.977. The van der Waals surface area contributed by atoms with Crippen molar-refractivity contribution in [3.8, 4) is 0 Å². The minimum atomic E-state index is -0.320. The first-order valence-corrected chi connectivity index (χ1v) is 7.10. The standard InChI is InChI=1S/C16H22FNO/c1-11-3-6-13(7-4-11)10-18-16(19)14-8-5-12(2)15(17)9-14/h5,8-9,11,13H,3-4,6-7,10H2,1-2H3,(H,18,19). The lowest BCUT2D eigenvalue weighted by Gasteiger charge is -2.26. The fraction of sp³-hybridized carbons (Fsp3) is 0.562. The van der Waals surface area contributed by atoms with Crippen LogP contribution in [0.5, 0.6) is 0 Å². The van der Waals surface area contributed by atoms with Crippen LogP contribution in [-0.2, 0) is 0 Å². The van der Waals surface area contributed by atoms with Gasteiger partial charge < -0.3 is 5.32 Å². The molecule has 1 aromatic carbocycles. The second-order valence-electron chi connectivity index (χ2n) is 5.80. The van der Waals surface area contributed by atoms with E-state index in [4.69, 9.17) is 0 Å². The smallest absolute Gasteiger partial charge is 0.251 e. The van der Waals surface area contributed by atoms with Crippen LogP contribution in [0.15, 0.2) is 18.2 Å². The Morgan fingerprint density at radius 3 is 2.63 bits per heavy atom. The van der Waals surface area contributed by atoms with Crippen molar-refractivity contribution in [1.29, 1.82) is 0 Å². The van der Waals surface area contributed by atoms with Gasteiger partial charge in [0.1, 0.15) is 5.82 Å². The Morgan fingerprint density at radius 2 is 2.00 bits per heavy atom. The zero-order chi connectivity index (χ0) is 13.8. The summed E-state index contributed by atoms with van der Waals surface area (Å²) in [6.07, 6.45) is 4.87. The lowest BCUT2D eigenvalue weighted by atomic mass is 9.83. The Morgan fingerprint density at radius 1 is 1.32 bits per heavy atom. The molecule has 0 saturated heterocycles. The van der Waals surface area contributed by atoms with E-state index in [-0.39, 0.29) is 11.7 Å². The Labute approximate surface area is 114 Å². The zero-order valence-corrected chi connectivity index (χ0v) is 11.7. The van der Waals surface area contributed by atoms with Crippen molar-refractivity contribution in [3.05, 3.63) is 35.1 Å². The molecule has 1 saturated carbocycles. The van der Waals surface area contributed by atoms with Crippen LogP contribution in [0.4, 0.5) is 4.39 Å². The summed E-state index contributed by atoms with van der Waals surface area (Å²) in [4.78, 5) is 11.9. The first kappa shape index (κ1) is 14.0. The normalized spacial score (nSPS) is 23.1. The second kappa shape index (κ2) is 6.18. The van der Waals surface area contributed by atoms with E-state index in [0.717, 1.165) is 5.92 Å². The van der Waals surface area contributed by atoms with Gasteiger partial charge in [-0.25, -0.2) is 4.39 Å². The van der Waals surface area contributed by atoms with Crippen molar-refractivity contribution in [2.24, 2.45) is 11.8 Å². The number of amides is 1. The van der Waals surface area contributed by atoms with E-state index in [9.17, 15) is 9.18 Å². The van der Waals surface area contributed by atoms with E-state index in [2.05, 4.69) is 12.2 Å². The molecule has 2 nitrogen and oxygen atoms in total. The van der Waals surface area contributed by atoms with Gasteiger partial charge in [-0.2, -0.15) is 0 Å². The van der Waals surface area contributed by atoms with Crippen LogP contribution in [0.3, 0.4) is 0 Å². The summed E-state index contributed by atoms with van der Waals surface area (Å²) in [6.45, 7) is 4.69. The van der Waals surface area contributed by atoms with Crippen molar-refractivity contribution < 1.29 is 9.18 Å². The average Bonchev–Trinajstić information content (AvgIpc) is 2.41. The van der Waals surface area contributed by atoms with E-state index in [1.807, 2.05) is 0 Å². The van der Waals surface area contributed by atoms with Crippen LogP contribution in [-0.4, -0.2) is 12.5 Å². The SMILES string of the molecule is Cc1ccc(C(=O)NCC2CCC(C)CC2)cc1F. The van der Waals surface area contributed by atoms with Gasteiger partial charge in [0.2, 0.25) is 0 Å². The number of halogens is 1. The zero-order valence-electron chi connectivity index (χ0n) is 11.7. The topological polar surface area (TPSA) is 29.1 Å². The minimum absolute atomic E-state index is 0.169. The molecule has 1 aliphatic rings. The van der Waals surface area contributed by atoms with Crippen molar-refractivity contribution in [3.63, 3.8) is 0 Å². The highest BCUT2D eigenvalue weighted by atomic mass is 19.1. The lowest BCUT2D eigenvalue weighted by molar-refractivity contribution is 0.0941. The molecule has 0 aliphatic heterocycles. The van der Waals surface area contributed by atoms with E-state index in [1.165, 1.54) is 31.7 Å². The molecule has 1 aliphatic carbocycles. The monoisotopic (exact) mass is 263 g/mol. The third kappa shape index (κ3) is 3.79. The molecular formula is C16H22FNO. The van der Waals surface area contributed by atoms with E-state index in [0.29, 0.717) is 23.6 Å². The van der Waals surface area contributed by atoms with Crippen LogP contribution >= 0.6 is 0 Å². The van der Waals surface area contributed by atoms with Gasteiger partial charge in [-0.15, -0.1) is 0 Å². The van der Waals surface area contributed by atoms with Gasteiger partial charge in [-0.05, 0) is 49.3 Å². The molecule has 19 heavy (non-hydrogen) atoms. The van der Waals surface area contributed by atoms with Gasteiger partial charge in [0, 0.05) is 12.1 Å². The van der Waals surface area contributed by atoms with E-state index < -0.39 is 0 Å². The Balaban J connectivity index is 1.85. The Hall–Kier alpha value is -1.38. The van der Waals surface area contributed by atoms with E-state index >= 15 is 0 Å². The Bertz CT molecular complexity index is 450. The van der Waals surface area contributed by atoms with Gasteiger partial charge in [0.15, 0.2) is 0 Å². The third-order valence-electron chi connectivity index (χ3n) is 4.12. The molecule has 1 amide bonds. The van der Waals surface area contributed by atoms with Gasteiger partial charge in [-0.1, -0.05) is 25.8 Å². The summed E-state index contributed by atoms with van der Waals surface area (Å²) in [7, 11) is 0. The van der Waals surface area contributed by atoms with Gasteiger partial charge in [-0.3, -0.25) is 4.79 Å². The van der Waals surface area contributed by atoms with Crippen LogP contribution in [0, 0.1) is 24.6 Å². The Kier molecular flexibility index (Phi) is 4.56. The summed E-state index contributed by atoms with van der Waals surface area (Å²) in [5, 5.41) is 2.92. The number of hydrogen-bond donors (Lipinski definition) is 1. The number of nitrogens with one attached hydrogen (secondary N) is 1. The predicted octanol–water partition coefficient (Wildman–Crippen LogP) is 3.69.